The van der Waals surface area contributed by atoms with Crippen molar-refractivity contribution in [2.75, 3.05) is 12.3 Å². The van der Waals surface area contributed by atoms with Crippen molar-refractivity contribution in [2.45, 2.75) is 46.3 Å². The third kappa shape index (κ3) is 5.25. The number of nitrogen functional groups attached to an aromatic ring is 1. The highest BCUT2D eigenvalue weighted by Crippen LogP contribution is 2.21. The zero-order valence-electron chi connectivity index (χ0n) is 14.0. The van der Waals surface area contributed by atoms with E-state index in [1.807, 2.05) is 25.1 Å². The molecule has 2 aromatic rings. The first kappa shape index (κ1) is 17.3. The number of carbonyl (C=O) groups excluding carboxylic acids is 1. The first-order chi connectivity index (χ1) is 11.0. The molecule has 3 N–H and O–H groups in total. The van der Waals surface area contributed by atoms with Gasteiger partial charge in [-0.3, -0.25) is 4.79 Å². The molecule has 2 rings (SSSR count). The van der Waals surface area contributed by atoms with Crippen LogP contribution < -0.4 is 11.1 Å². The van der Waals surface area contributed by atoms with Crippen LogP contribution in [-0.4, -0.2) is 23.8 Å². The van der Waals surface area contributed by atoms with Gasteiger partial charge in [0.25, 0.3) is 0 Å². The van der Waals surface area contributed by atoms with Crippen molar-refractivity contribution in [1.29, 1.82) is 0 Å². The first-order valence-corrected chi connectivity index (χ1v) is 7.97. The molecule has 0 aliphatic heterocycles. The van der Waals surface area contributed by atoms with E-state index in [9.17, 15) is 4.79 Å². The summed E-state index contributed by atoms with van der Waals surface area (Å²) in [5, 5.41) is 7.37. The van der Waals surface area contributed by atoms with Crippen LogP contribution in [0.4, 0.5) is 5.82 Å². The Kier molecular flexibility index (Phi) is 5.98. The molecule has 1 aromatic heterocycles. The van der Waals surface area contributed by atoms with Crippen molar-refractivity contribution in [2.24, 2.45) is 5.92 Å². The lowest BCUT2D eigenvalue weighted by molar-refractivity contribution is -0.122. The molecular weight excluding hydrogens is 294 g/mol. The van der Waals surface area contributed by atoms with Gasteiger partial charge in [0.05, 0.1) is 18.1 Å². The summed E-state index contributed by atoms with van der Waals surface area (Å²) >= 11 is 0. The van der Waals surface area contributed by atoms with Crippen LogP contribution in [0.25, 0.3) is 11.0 Å². The molecule has 0 spiro atoms. The topological polar surface area (TPSA) is 90.4 Å². The molecule has 1 aromatic carbocycles. The number of hydrogen-bond donors (Lipinski definition) is 2. The number of benzene rings is 1. The summed E-state index contributed by atoms with van der Waals surface area (Å²) in [6.45, 7) is 7.24. The number of carbonyl (C=O) groups is 1. The number of aromatic nitrogens is 1. The van der Waals surface area contributed by atoms with E-state index in [-0.39, 0.29) is 12.0 Å². The lowest BCUT2D eigenvalue weighted by Crippen LogP contribution is -2.25. The number of ether oxygens (including phenoxy) is 1. The fraction of sp³-hybridized carbons (Fsp3) is 0.529. The average Bonchev–Trinajstić information content (AvgIpc) is 2.85. The molecule has 0 radical (unpaired) electrons. The minimum Gasteiger partial charge on any atom is -0.380 e. The Hall–Kier alpha value is -2.08. The van der Waals surface area contributed by atoms with Gasteiger partial charge in [0, 0.05) is 13.0 Å². The lowest BCUT2D eigenvalue weighted by atomic mass is 10.1. The van der Waals surface area contributed by atoms with Gasteiger partial charge in [-0.05, 0) is 37.0 Å². The van der Waals surface area contributed by atoms with Crippen LogP contribution in [0.15, 0.2) is 22.7 Å². The SMILES string of the molecule is CC(C)C[C@@H](C)OCCC(=O)NCc1ccc2c(N)noc2c1. The maximum absolute atomic E-state index is 11.8. The third-order valence-electron chi connectivity index (χ3n) is 3.59. The van der Waals surface area contributed by atoms with Gasteiger partial charge in [0.15, 0.2) is 11.4 Å². The maximum atomic E-state index is 11.8. The molecule has 0 saturated carbocycles. The molecule has 6 nitrogen and oxygen atoms in total. The van der Waals surface area contributed by atoms with Gasteiger partial charge in [-0.2, -0.15) is 0 Å². The molecule has 23 heavy (non-hydrogen) atoms. The van der Waals surface area contributed by atoms with E-state index in [0.29, 0.717) is 36.9 Å². The van der Waals surface area contributed by atoms with Crippen LogP contribution >= 0.6 is 0 Å². The number of hydrogen-bond acceptors (Lipinski definition) is 5. The molecule has 6 heteroatoms. The van der Waals surface area contributed by atoms with E-state index >= 15 is 0 Å². The molecule has 0 saturated heterocycles. The number of nitrogens with zero attached hydrogens (tertiary/aromatic N) is 1. The Labute approximate surface area is 136 Å². The molecule has 0 unspecified atom stereocenters. The van der Waals surface area contributed by atoms with Crippen LogP contribution in [0.1, 0.15) is 39.2 Å². The summed E-state index contributed by atoms with van der Waals surface area (Å²) in [5.41, 5.74) is 7.24. The van der Waals surface area contributed by atoms with E-state index < -0.39 is 0 Å². The van der Waals surface area contributed by atoms with Gasteiger partial charge >= 0.3 is 0 Å². The highest BCUT2D eigenvalue weighted by Gasteiger charge is 2.08. The van der Waals surface area contributed by atoms with Crippen LogP contribution in [0.2, 0.25) is 0 Å². The maximum Gasteiger partial charge on any atom is 0.222 e. The number of anilines is 1. The molecule has 126 valence electrons. The number of rotatable bonds is 8. The second kappa shape index (κ2) is 7.97. The van der Waals surface area contributed by atoms with Gasteiger partial charge in [0.1, 0.15) is 0 Å². The van der Waals surface area contributed by atoms with Crippen molar-refractivity contribution in [3.05, 3.63) is 23.8 Å². The molecule has 0 fully saturated rings. The van der Waals surface area contributed by atoms with Crippen molar-refractivity contribution < 1.29 is 14.1 Å². The highest BCUT2D eigenvalue weighted by atomic mass is 16.5. The number of amides is 1. The van der Waals surface area contributed by atoms with E-state index in [0.717, 1.165) is 17.4 Å². The van der Waals surface area contributed by atoms with Gasteiger partial charge in [0.2, 0.25) is 5.91 Å². The van der Waals surface area contributed by atoms with Gasteiger partial charge in [-0.1, -0.05) is 25.1 Å². The summed E-state index contributed by atoms with van der Waals surface area (Å²) in [6.07, 6.45) is 1.55. The molecule has 1 atom stereocenters. The smallest absolute Gasteiger partial charge is 0.222 e. The van der Waals surface area contributed by atoms with Gasteiger partial charge in [-0.15, -0.1) is 0 Å². The summed E-state index contributed by atoms with van der Waals surface area (Å²) in [4.78, 5) is 11.8. The third-order valence-corrected chi connectivity index (χ3v) is 3.59. The zero-order valence-corrected chi connectivity index (χ0v) is 14.0. The summed E-state index contributed by atoms with van der Waals surface area (Å²) in [5.74, 6) is 0.945. The predicted octanol–water partition coefficient (Wildman–Crippen LogP) is 2.87. The Morgan fingerprint density at radius 2 is 2.17 bits per heavy atom. The summed E-state index contributed by atoms with van der Waals surface area (Å²) < 4.78 is 10.7. The minimum absolute atomic E-state index is 0.0288. The van der Waals surface area contributed by atoms with Crippen LogP contribution in [0, 0.1) is 5.92 Å². The van der Waals surface area contributed by atoms with Crippen molar-refractivity contribution >= 4 is 22.7 Å². The largest absolute Gasteiger partial charge is 0.380 e. The van der Waals surface area contributed by atoms with Crippen molar-refractivity contribution in [1.82, 2.24) is 10.5 Å². The molecule has 0 bridgehead atoms. The quantitative estimate of drug-likeness (QED) is 0.781. The van der Waals surface area contributed by atoms with Crippen LogP contribution in [0.5, 0.6) is 0 Å². The Balaban J connectivity index is 1.73. The van der Waals surface area contributed by atoms with Crippen molar-refractivity contribution in [3.63, 3.8) is 0 Å². The van der Waals surface area contributed by atoms with E-state index in [1.54, 1.807) is 0 Å². The molecule has 1 amide bonds. The standard InChI is InChI=1S/C17H25N3O3/c1-11(2)8-12(3)22-7-6-16(21)19-10-13-4-5-14-15(9-13)23-20-17(14)18/h4-5,9,11-12H,6-8,10H2,1-3H3,(H2,18,20)(H,19,21)/t12-/m1/s1. The summed E-state index contributed by atoms with van der Waals surface area (Å²) in [7, 11) is 0. The fourth-order valence-corrected chi connectivity index (χ4v) is 2.49. The van der Waals surface area contributed by atoms with E-state index in [4.69, 9.17) is 15.0 Å². The zero-order chi connectivity index (χ0) is 16.8. The monoisotopic (exact) mass is 319 g/mol. The molecular formula is C17H25N3O3. The molecule has 0 aliphatic rings. The van der Waals surface area contributed by atoms with Gasteiger partial charge < -0.3 is 20.3 Å². The Bertz CT molecular complexity index is 652. The van der Waals surface area contributed by atoms with Crippen LogP contribution in [0.3, 0.4) is 0 Å². The number of nitrogens with one attached hydrogen (secondary N) is 1. The Morgan fingerprint density at radius 1 is 1.39 bits per heavy atom. The second-order valence-corrected chi connectivity index (χ2v) is 6.24. The predicted molar refractivity (Wildman–Crippen MR) is 89.8 cm³/mol. The molecule has 0 aliphatic carbocycles. The minimum atomic E-state index is -0.0288. The molecule has 1 heterocycles. The second-order valence-electron chi connectivity index (χ2n) is 6.24. The highest BCUT2D eigenvalue weighted by molar-refractivity contribution is 5.87. The summed E-state index contributed by atoms with van der Waals surface area (Å²) in [6, 6.07) is 5.58. The van der Waals surface area contributed by atoms with Crippen molar-refractivity contribution in [3.8, 4) is 0 Å². The normalized spacial score (nSPS) is 12.7. The van der Waals surface area contributed by atoms with Crippen LogP contribution in [-0.2, 0) is 16.1 Å². The fourth-order valence-electron chi connectivity index (χ4n) is 2.49. The Morgan fingerprint density at radius 3 is 2.91 bits per heavy atom. The average molecular weight is 319 g/mol. The van der Waals surface area contributed by atoms with E-state index in [1.165, 1.54) is 0 Å². The van der Waals surface area contributed by atoms with Gasteiger partial charge in [-0.25, -0.2) is 0 Å². The first-order valence-electron chi connectivity index (χ1n) is 7.97. The number of fused-ring (bicyclic) bond motifs is 1. The lowest BCUT2D eigenvalue weighted by Gasteiger charge is -2.14. The number of nitrogens with two attached hydrogens (primary N) is 1. The van der Waals surface area contributed by atoms with E-state index in [2.05, 4.69) is 24.3 Å².